The van der Waals surface area contributed by atoms with Crippen LogP contribution in [0.2, 0.25) is 0 Å². The highest BCUT2D eigenvalue weighted by Crippen LogP contribution is 2.34. The van der Waals surface area contributed by atoms with Crippen LogP contribution in [0.1, 0.15) is 30.0 Å². The van der Waals surface area contributed by atoms with Gasteiger partial charge in [0.1, 0.15) is 6.04 Å². The van der Waals surface area contributed by atoms with Crippen molar-refractivity contribution in [2.24, 2.45) is 0 Å². The van der Waals surface area contributed by atoms with Crippen molar-refractivity contribution in [3.63, 3.8) is 0 Å². The highest BCUT2D eigenvalue weighted by molar-refractivity contribution is 6.03. The summed E-state index contributed by atoms with van der Waals surface area (Å²) in [6.45, 7) is 3.41. The van der Waals surface area contributed by atoms with Gasteiger partial charge in [0.25, 0.3) is 0 Å². The summed E-state index contributed by atoms with van der Waals surface area (Å²) >= 11 is 0. The topological polar surface area (TPSA) is 43.9 Å². The van der Waals surface area contributed by atoms with Gasteiger partial charge >= 0.3 is 0 Å². The number of benzene rings is 2. The smallest absolute Gasteiger partial charge is 0.245 e. The van der Waals surface area contributed by atoms with E-state index in [1.165, 1.54) is 11.1 Å². The van der Waals surface area contributed by atoms with E-state index < -0.39 is 0 Å². The first-order chi connectivity index (χ1) is 13.7. The molecule has 0 spiro atoms. The van der Waals surface area contributed by atoms with Gasteiger partial charge in [0.05, 0.1) is 6.04 Å². The molecule has 0 N–H and O–H groups in total. The quantitative estimate of drug-likeness (QED) is 0.811. The Morgan fingerprint density at radius 2 is 1.68 bits per heavy atom. The number of anilines is 1. The van der Waals surface area contributed by atoms with Crippen LogP contribution in [0.3, 0.4) is 0 Å². The molecule has 5 rings (SSSR count). The van der Waals surface area contributed by atoms with E-state index in [1.807, 2.05) is 35.2 Å². The van der Waals surface area contributed by atoms with Crippen LogP contribution in [0.4, 0.5) is 5.69 Å². The summed E-state index contributed by atoms with van der Waals surface area (Å²) in [5.41, 5.74) is 3.58. The SMILES string of the molecule is O=C(C1CCC(=O)N1c1ccccc1)N1CCN2CCc3ccccc3C2C1. The molecule has 5 nitrogen and oxygen atoms in total. The summed E-state index contributed by atoms with van der Waals surface area (Å²) in [7, 11) is 0. The number of nitrogens with zero attached hydrogens (tertiary/aromatic N) is 3. The Morgan fingerprint density at radius 3 is 2.54 bits per heavy atom. The number of fused-ring (bicyclic) bond motifs is 3. The normalized spacial score (nSPS) is 24.8. The molecule has 28 heavy (non-hydrogen) atoms. The molecule has 0 aromatic heterocycles. The van der Waals surface area contributed by atoms with Gasteiger partial charge in [0, 0.05) is 38.3 Å². The number of rotatable bonds is 2. The van der Waals surface area contributed by atoms with Crippen LogP contribution < -0.4 is 4.90 Å². The molecule has 3 aliphatic rings. The molecule has 0 aliphatic carbocycles. The molecule has 2 fully saturated rings. The molecule has 2 amide bonds. The number of amides is 2. The lowest BCUT2D eigenvalue weighted by Crippen LogP contribution is -2.56. The molecule has 5 heteroatoms. The van der Waals surface area contributed by atoms with Gasteiger partial charge in [-0.3, -0.25) is 19.4 Å². The first-order valence-corrected chi connectivity index (χ1v) is 10.2. The van der Waals surface area contributed by atoms with Crippen molar-refractivity contribution in [1.82, 2.24) is 9.80 Å². The molecule has 0 saturated carbocycles. The molecular weight excluding hydrogens is 350 g/mol. The van der Waals surface area contributed by atoms with Gasteiger partial charge < -0.3 is 4.90 Å². The maximum Gasteiger partial charge on any atom is 0.245 e. The van der Waals surface area contributed by atoms with Crippen LogP contribution in [0.25, 0.3) is 0 Å². The molecule has 2 atom stereocenters. The third-order valence-corrected chi connectivity index (χ3v) is 6.42. The Bertz CT molecular complexity index is 898. The highest BCUT2D eigenvalue weighted by Gasteiger charge is 2.42. The van der Waals surface area contributed by atoms with Crippen LogP contribution in [0.5, 0.6) is 0 Å². The minimum Gasteiger partial charge on any atom is -0.338 e. The molecular formula is C23H25N3O2. The van der Waals surface area contributed by atoms with Crippen LogP contribution in [0, 0.1) is 0 Å². The third kappa shape index (κ3) is 2.90. The second-order valence-corrected chi connectivity index (χ2v) is 7.94. The highest BCUT2D eigenvalue weighted by atomic mass is 16.2. The maximum atomic E-state index is 13.4. The molecule has 144 valence electrons. The van der Waals surface area contributed by atoms with Crippen LogP contribution in [-0.2, 0) is 16.0 Å². The van der Waals surface area contributed by atoms with Crippen LogP contribution >= 0.6 is 0 Å². The van der Waals surface area contributed by atoms with E-state index in [0.29, 0.717) is 19.4 Å². The zero-order valence-corrected chi connectivity index (χ0v) is 16.0. The largest absolute Gasteiger partial charge is 0.338 e. The van der Waals surface area contributed by atoms with Gasteiger partial charge in [-0.2, -0.15) is 0 Å². The van der Waals surface area contributed by atoms with Gasteiger partial charge in [-0.15, -0.1) is 0 Å². The molecule has 2 saturated heterocycles. The second kappa shape index (κ2) is 7.06. The van der Waals surface area contributed by atoms with E-state index in [2.05, 4.69) is 29.2 Å². The van der Waals surface area contributed by atoms with Crippen LogP contribution in [0.15, 0.2) is 54.6 Å². The fraction of sp³-hybridized carbons (Fsp3) is 0.391. The first-order valence-electron chi connectivity index (χ1n) is 10.2. The predicted molar refractivity (Wildman–Crippen MR) is 108 cm³/mol. The molecule has 0 bridgehead atoms. The zero-order valence-electron chi connectivity index (χ0n) is 16.0. The lowest BCUT2D eigenvalue weighted by molar-refractivity contribution is -0.136. The van der Waals surface area contributed by atoms with Gasteiger partial charge in [0.15, 0.2) is 0 Å². The average Bonchev–Trinajstić information content (AvgIpc) is 3.14. The molecule has 0 radical (unpaired) electrons. The Balaban J connectivity index is 1.38. The third-order valence-electron chi connectivity index (χ3n) is 6.42. The summed E-state index contributed by atoms with van der Waals surface area (Å²) < 4.78 is 0. The predicted octanol–water partition coefficient (Wildman–Crippen LogP) is 2.62. The van der Waals surface area contributed by atoms with E-state index in [1.54, 1.807) is 4.90 Å². The number of para-hydroxylation sites is 1. The molecule has 2 aromatic rings. The van der Waals surface area contributed by atoms with E-state index in [-0.39, 0.29) is 23.9 Å². The summed E-state index contributed by atoms with van der Waals surface area (Å²) in [5.74, 6) is 0.142. The van der Waals surface area contributed by atoms with Crippen molar-refractivity contribution < 1.29 is 9.59 Å². The minimum absolute atomic E-state index is 0.0474. The fourth-order valence-corrected chi connectivity index (χ4v) is 4.98. The van der Waals surface area contributed by atoms with E-state index in [9.17, 15) is 9.59 Å². The molecule has 2 aromatic carbocycles. The van der Waals surface area contributed by atoms with Crippen molar-refractivity contribution in [3.05, 3.63) is 65.7 Å². The number of piperazine rings is 1. The average molecular weight is 375 g/mol. The number of carbonyl (C=O) groups excluding carboxylic acids is 2. The number of hydrogen-bond donors (Lipinski definition) is 0. The van der Waals surface area contributed by atoms with Gasteiger partial charge in [-0.1, -0.05) is 42.5 Å². The monoisotopic (exact) mass is 375 g/mol. The van der Waals surface area contributed by atoms with E-state index in [4.69, 9.17) is 0 Å². The van der Waals surface area contributed by atoms with Gasteiger partial charge in [-0.05, 0) is 36.1 Å². The fourth-order valence-electron chi connectivity index (χ4n) is 4.98. The molecule has 2 unspecified atom stereocenters. The van der Waals surface area contributed by atoms with E-state index in [0.717, 1.165) is 31.7 Å². The van der Waals surface area contributed by atoms with Gasteiger partial charge in [0.2, 0.25) is 11.8 Å². The lowest BCUT2D eigenvalue weighted by Gasteiger charge is -2.45. The second-order valence-electron chi connectivity index (χ2n) is 7.94. The number of carbonyl (C=O) groups is 2. The lowest BCUT2D eigenvalue weighted by atomic mass is 9.91. The zero-order chi connectivity index (χ0) is 19.1. The van der Waals surface area contributed by atoms with E-state index >= 15 is 0 Å². The Morgan fingerprint density at radius 1 is 0.893 bits per heavy atom. The van der Waals surface area contributed by atoms with Crippen molar-refractivity contribution in [2.45, 2.75) is 31.3 Å². The van der Waals surface area contributed by atoms with Crippen molar-refractivity contribution in [2.75, 3.05) is 31.1 Å². The number of hydrogen-bond acceptors (Lipinski definition) is 3. The Kier molecular flexibility index (Phi) is 4.40. The van der Waals surface area contributed by atoms with Gasteiger partial charge in [-0.25, -0.2) is 0 Å². The minimum atomic E-state index is -0.375. The summed E-state index contributed by atoms with van der Waals surface area (Å²) in [6, 6.07) is 18.1. The van der Waals surface area contributed by atoms with Crippen LogP contribution in [-0.4, -0.2) is 53.8 Å². The maximum absolute atomic E-state index is 13.4. The summed E-state index contributed by atoms with van der Waals surface area (Å²) in [6.07, 6.45) is 2.13. The first kappa shape index (κ1) is 17.4. The summed E-state index contributed by atoms with van der Waals surface area (Å²) in [4.78, 5) is 32.1. The Labute approximate surface area is 165 Å². The van der Waals surface area contributed by atoms with Crippen molar-refractivity contribution in [1.29, 1.82) is 0 Å². The Hall–Kier alpha value is -2.66. The van der Waals surface area contributed by atoms with Crippen molar-refractivity contribution in [3.8, 4) is 0 Å². The molecule has 3 heterocycles. The standard InChI is InChI=1S/C23H25N3O2/c27-22-11-10-20(26(22)18-7-2-1-3-8-18)23(28)25-15-14-24-13-12-17-6-4-5-9-19(17)21(24)16-25/h1-9,20-21H,10-16H2. The molecule has 3 aliphatic heterocycles. The van der Waals surface area contributed by atoms with Crippen molar-refractivity contribution >= 4 is 17.5 Å². The summed E-state index contributed by atoms with van der Waals surface area (Å²) in [5, 5.41) is 0.